The van der Waals surface area contributed by atoms with Gasteiger partial charge in [0.25, 0.3) is 0 Å². The van der Waals surface area contributed by atoms with E-state index in [1.807, 2.05) is 6.08 Å². The highest BCUT2D eigenvalue weighted by molar-refractivity contribution is 5.76. The van der Waals surface area contributed by atoms with E-state index in [-0.39, 0.29) is 12.5 Å². The zero-order valence-electron chi connectivity index (χ0n) is 27.7. The van der Waals surface area contributed by atoms with Gasteiger partial charge < -0.3 is 40.3 Å². The summed E-state index contributed by atoms with van der Waals surface area (Å²) in [7, 11) is 0. The summed E-state index contributed by atoms with van der Waals surface area (Å²) in [6.45, 7) is 3.67. The number of nitrogens with one attached hydrogen (secondary N) is 1. The number of amides is 1. The molecule has 7 unspecified atom stereocenters. The van der Waals surface area contributed by atoms with E-state index in [1.54, 1.807) is 6.08 Å². The molecule has 0 spiro atoms. The van der Waals surface area contributed by atoms with Crippen LogP contribution in [0.5, 0.6) is 0 Å². The molecule has 0 aromatic rings. The summed E-state index contributed by atoms with van der Waals surface area (Å²) in [6, 6.07) is -0.812. The Bertz CT molecular complexity index is 746. The van der Waals surface area contributed by atoms with Crippen molar-refractivity contribution in [2.45, 2.75) is 179 Å². The van der Waals surface area contributed by atoms with E-state index >= 15 is 0 Å². The van der Waals surface area contributed by atoms with E-state index in [4.69, 9.17) is 9.47 Å². The molecule has 1 amide bonds. The van der Waals surface area contributed by atoms with Gasteiger partial charge in [0.15, 0.2) is 6.29 Å². The van der Waals surface area contributed by atoms with Crippen molar-refractivity contribution in [1.82, 2.24) is 5.32 Å². The molecule has 1 aliphatic heterocycles. The first kappa shape index (κ1) is 40.7. The summed E-state index contributed by atoms with van der Waals surface area (Å²) in [5.74, 6) is -0.193. The lowest BCUT2D eigenvalue weighted by molar-refractivity contribution is -0.302. The number of unbranched alkanes of at least 4 members (excludes halogenated alkanes) is 15. The molecule has 0 bridgehead atoms. The van der Waals surface area contributed by atoms with E-state index in [1.165, 1.54) is 77.0 Å². The fraction of sp³-hybridized carbons (Fsp3) is 0.857. The van der Waals surface area contributed by atoms with Crippen molar-refractivity contribution >= 4 is 5.91 Å². The van der Waals surface area contributed by atoms with Crippen molar-refractivity contribution in [2.75, 3.05) is 13.2 Å². The number of carbonyl (C=O) groups is 1. The van der Waals surface area contributed by atoms with Crippen molar-refractivity contribution in [3.8, 4) is 0 Å². The van der Waals surface area contributed by atoms with Crippen molar-refractivity contribution in [1.29, 1.82) is 0 Å². The number of aliphatic hydroxyl groups excluding tert-OH is 5. The van der Waals surface area contributed by atoms with Gasteiger partial charge in [0.2, 0.25) is 5.91 Å². The number of aliphatic hydroxyl groups is 5. The third-order valence-electron chi connectivity index (χ3n) is 8.28. The van der Waals surface area contributed by atoms with Crippen LogP contribution in [0.15, 0.2) is 24.3 Å². The van der Waals surface area contributed by atoms with E-state index in [0.717, 1.165) is 38.5 Å². The Morgan fingerprint density at radius 3 is 1.91 bits per heavy atom. The maximum atomic E-state index is 12.8. The number of carbonyl (C=O) groups excluding carboxylic acids is 1. The normalized spacial score (nSPS) is 23.8. The van der Waals surface area contributed by atoms with Crippen LogP contribution in [0.1, 0.15) is 136 Å². The fourth-order valence-corrected chi connectivity index (χ4v) is 5.34. The van der Waals surface area contributed by atoms with Crippen LogP contribution in [0, 0.1) is 0 Å². The van der Waals surface area contributed by atoms with Crippen LogP contribution in [-0.4, -0.2) is 87.5 Å². The number of allylic oxidation sites excluding steroid dienone is 3. The summed E-state index contributed by atoms with van der Waals surface area (Å²) in [4.78, 5) is 12.8. The predicted octanol–water partition coefficient (Wildman–Crippen LogP) is 5.21. The second-order valence-electron chi connectivity index (χ2n) is 12.3. The van der Waals surface area contributed by atoms with Crippen molar-refractivity contribution in [3.05, 3.63) is 24.3 Å². The molecule has 7 atom stereocenters. The quantitative estimate of drug-likeness (QED) is 0.0537. The van der Waals surface area contributed by atoms with E-state index in [9.17, 15) is 30.3 Å². The molecule has 44 heavy (non-hydrogen) atoms. The zero-order chi connectivity index (χ0) is 32.4. The maximum Gasteiger partial charge on any atom is 0.220 e. The Labute approximate surface area is 267 Å². The highest BCUT2D eigenvalue weighted by Gasteiger charge is 2.44. The molecule has 1 rings (SSSR count). The summed E-state index contributed by atoms with van der Waals surface area (Å²) in [5.41, 5.74) is 0. The average molecular weight is 628 g/mol. The van der Waals surface area contributed by atoms with Gasteiger partial charge in [-0.2, -0.15) is 0 Å². The Kier molecular flexibility index (Phi) is 24.8. The summed E-state index contributed by atoms with van der Waals surface area (Å²) < 4.78 is 11.1. The first-order valence-electron chi connectivity index (χ1n) is 17.6. The molecule has 0 aliphatic carbocycles. The topological polar surface area (TPSA) is 149 Å². The molecule has 1 saturated heterocycles. The van der Waals surface area contributed by atoms with Crippen LogP contribution < -0.4 is 5.32 Å². The van der Waals surface area contributed by atoms with Crippen LogP contribution >= 0.6 is 0 Å². The molecule has 1 fully saturated rings. The van der Waals surface area contributed by atoms with Crippen LogP contribution in [0.3, 0.4) is 0 Å². The molecule has 9 nitrogen and oxygen atoms in total. The second kappa shape index (κ2) is 26.8. The van der Waals surface area contributed by atoms with Crippen molar-refractivity contribution in [3.63, 3.8) is 0 Å². The summed E-state index contributed by atoms with van der Waals surface area (Å²) in [6.07, 6.45) is 20.9. The van der Waals surface area contributed by atoms with Crippen LogP contribution in [0.25, 0.3) is 0 Å². The standard InChI is InChI=1S/C35H65NO8/c1-3-5-7-9-11-13-15-17-19-21-23-25-31(39)36-28(27-43-35-34(42)33(41)32(40)30(26-37)44-35)29(38)24-22-20-18-16-14-12-10-8-6-4-2/h14,16,22,24,28-30,32-35,37-38,40-42H,3-13,15,17-21,23,25-27H2,1-2H3,(H,36,39)/b16-14+,24-22+. The van der Waals surface area contributed by atoms with Gasteiger partial charge in [0.05, 0.1) is 25.4 Å². The lowest BCUT2D eigenvalue weighted by Crippen LogP contribution is -2.60. The van der Waals surface area contributed by atoms with Gasteiger partial charge in [-0.3, -0.25) is 4.79 Å². The van der Waals surface area contributed by atoms with Gasteiger partial charge >= 0.3 is 0 Å². The highest BCUT2D eigenvalue weighted by atomic mass is 16.7. The number of hydrogen-bond acceptors (Lipinski definition) is 8. The van der Waals surface area contributed by atoms with Gasteiger partial charge in [0, 0.05) is 6.42 Å². The Morgan fingerprint density at radius 1 is 0.750 bits per heavy atom. The number of ether oxygens (including phenoxy) is 2. The third kappa shape index (κ3) is 18.6. The minimum Gasteiger partial charge on any atom is -0.394 e. The fourth-order valence-electron chi connectivity index (χ4n) is 5.34. The second-order valence-corrected chi connectivity index (χ2v) is 12.3. The van der Waals surface area contributed by atoms with Crippen LogP contribution in [0.2, 0.25) is 0 Å². The summed E-state index contributed by atoms with van der Waals surface area (Å²) >= 11 is 0. The molecular weight excluding hydrogens is 562 g/mol. The van der Waals surface area contributed by atoms with E-state index in [0.29, 0.717) is 6.42 Å². The van der Waals surface area contributed by atoms with Crippen LogP contribution in [0.4, 0.5) is 0 Å². The molecule has 0 radical (unpaired) electrons. The molecule has 258 valence electrons. The first-order chi connectivity index (χ1) is 21.3. The van der Waals surface area contributed by atoms with Gasteiger partial charge in [-0.05, 0) is 32.1 Å². The maximum absolute atomic E-state index is 12.8. The Balaban J connectivity index is 2.54. The summed E-state index contributed by atoms with van der Waals surface area (Å²) in [5, 5.41) is 53.6. The largest absolute Gasteiger partial charge is 0.394 e. The Hall–Kier alpha value is -1.33. The Morgan fingerprint density at radius 2 is 1.30 bits per heavy atom. The molecule has 1 heterocycles. The van der Waals surface area contributed by atoms with Gasteiger partial charge in [-0.1, -0.05) is 122 Å². The first-order valence-corrected chi connectivity index (χ1v) is 17.6. The number of hydrogen-bond donors (Lipinski definition) is 6. The van der Waals surface area contributed by atoms with E-state index in [2.05, 4.69) is 31.3 Å². The number of rotatable bonds is 27. The lowest BCUT2D eigenvalue weighted by atomic mass is 9.99. The molecular formula is C35H65NO8. The molecule has 1 aliphatic rings. The molecule has 0 aromatic heterocycles. The van der Waals surface area contributed by atoms with Gasteiger partial charge in [0.1, 0.15) is 24.4 Å². The third-order valence-corrected chi connectivity index (χ3v) is 8.28. The van der Waals surface area contributed by atoms with Crippen LogP contribution in [-0.2, 0) is 14.3 Å². The zero-order valence-corrected chi connectivity index (χ0v) is 27.7. The SMILES string of the molecule is CCCCCC/C=C/CC/C=C/C(O)C(COC1OC(CO)C(O)C(O)C1O)NC(=O)CCCCCCCCCCCCC. The smallest absolute Gasteiger partial charge is 0.220 e. The monoisotopic (exact) mass is 627 g/mol. The minimum atomic E-state index is -1.57. The van der Waals surface area contributed by atoms with Crippen molar-refractivity contribution < 1.29 is 39.8 Å². The average Bonchev–Trinajstić information content (AvgIpc) is 3.02. The van der Waals surface area contributed by atoms with Crippen molar-refractivity contribution in [2.24, 2.45) is 0 Å². The lowest BCUT2D eigenvalue weighted by Gasteiger charge is -2.40. The minimum absolute atomic E-state index is 0.193. The molecule has 0 aromatic carbocycles. The molecule has 6 N–H and O–H groups in total. The van der Waals surface area contributed by atoms with E-state index < -0.39 is 49.5 Å². The molecule has 0 saturated carbocycles. The molecule has 9 heteroatoms. The highest BCUT2D eigenvalue weighted by Crippen LogP contribution is 2.22. The van der Waals surface area contributed by atoms with Gasteiger partial charge in [-0.25, -0.2) is 0 Å². The van der Waals surface area contributed by atoms with Gasteiger partial charge in [-0.15, -0.1) is 0 Å². The predicted molar refractivity (Wildman–Crippen MR) is 175 cm³/mol.